The molecule has 0 radical (unpaired) electrons. The molecule has 3 aromatic rings. The van der Waals surface area contributed by atoms with Gasteiger partial charge in [-0.2, -0.15) is 0 Å². The van der Waals surface area contributed by atoms with Gasteiger partial charge in [-0.3, -0.25) is 9.69 Å². The third-order valence-corrected chi connectivity index (χ3v) is 5.17. The number of halogens is 2. The highest BCUT2D eigenvalue weighted by Crippen LogP contribution is 2.19. The van der Waals surface area contributed by atoms with Crippen LogP contribution in [-0.2, 0) is 0 Å². The minimum Gasteiger partial charge on any atom is -0.353 e. The maximum Gasteiger partial charge on any atom is 0.164 e. The second-order valence-corrected chi connectivity index (χ2v) is 7.01. The lowest BCUT2D eigenvalue weighted by atomic mass is 10.1. The molecule has 2 heterocycles. The summed E-state index contributed by atoms with van der Waals surface area (Å²) in [6.07, 6.45) is 0.565. The zero-order valence-electron chi connectivity index (χ0n) is 16.7. The van der Waals surface area contributed by atoms with Crippen LogP contribution in [0.15, 0.2) is 72.8 Å². The normalized spacial score (nSPS) is 13.8. The maximum absolute atomic E-state index is 12.3. The number of anilines is 1. The summed E-state index contributed by atoms with van der Waals surface area (Å²) < 4.78 is 0. The molecule has 1 fully saturated rings. The SMILES string of the molecule is Cl.Cl.O=C(CCN1CCN(c2ccc(-c3ccccc3)nn2)CC1)c1ccccc1. The van der Waals surface area contributed by atoms with Gasteiger partial charge in [0, 0.05) is 50.3 Å². The third kappa shape index (κ3) is 6.02. The van der Waals surface area contributed by atoms with Gasteiger partial charge in [0.05, 0.1) is 5.69 Å². The predicted octanol–water partition coefficient (Wildman–Crippen LogP) is 4.38. The summed E-state index contributed by atoms with van der Waals surface area (Å²) >= 11 is 0. The summed E-state index contributed by atoms with van der Waals surface area (Å²) in [5.41, 5.74) is 2.77. The van der Waals surface area contributed by atoms with E-state index in [1.54, 1.807) is 0 Å². The van der Waals surface area contributed by atoms with Gasteiger partial charge in [-0.15, -0.1) is 35.0 Å². The van der Waals surface area contributed by atoms with Gasteiger partial charge in [0.15, 0.2) is 11.6 Å². The van der Waals surface area contributed by atoms with Crippen molar-refractivity contribution in [1.29, 1.82) is 0 Å². The predicted molar refractivity (Wildman–Crippen MR) is 126 cm³/mol. The maximum atomic E-state index is 12.3. The van der Waals surface area contributed by atoms with Gasteiger partial charge in [-0.05, 0) is 12.1 Å². The van der Waals surface area contributed by atoms with Crippen molar-refractivity contribution < 1.29 is 4.79 Å². The lowest BCUT2D eigenvalue weighted by molar-refractivity contribution is 0.0962. The molecule has 0 bridgehead atoms. The van der Waals surface area contributed by atoms with Crippen LogP contribution in [0.5, 0.6) is 0 Å². The molecule has 0 spiro atoms. The van der Waals surface area contributed by atoms with E-state index in [-0.39, 0.29) is 30.6 Å². The van der Waals surface area contributed by atoms with E-state index in [1.165, 1.54) is 0 Å². The monoisotopic (exact) mass is 444 g/mol. The summed E-state index contributed by atoms with van der Waals surface area (Å²) in [5.74, 6) is 1.13. The van der Waals surface area contributed by atoms with E-state index in [9.17, 15) is 4.79 Å². The second kappa shape index (κ2) is 11.6. The summed E-state index contributed by atoms with van der Waals surface area (Å²) in [7, 11) is 0. The highest BCUT2D eigenvalue weighted by Gasteiger charge is 2.19. The number of rotatable bonds is 6. The molecule has 158 valence electrons. The number of nitrogens with zero attached hydrogens (tertiary/aromatic N) is 4. The molecular formula is C23H26Cl2N4O. The molecule has 7 heteroatoms. The van der Waals surface area contributed by atoms with Gasteiger partial charge in [0.25, 0.3) is 0 Å². The summed E-state index contributed by atoms with van der Waals surface area (Å²) in [5, 5.41) is 8.81. The number of ketones is 1. The quantitative estimate of drug-likeness (QED) is 0.527. The Balaban J connectivity index is 0.00000160. The molecule has 0 N–H and O–H groups in total. The fraction of sp³-hybridized carbons (Fsp3) is 0.261. The largest absolute Gasteiger partial charge is 0.353 e. The van der Waals surface area contributed by atoms with Crippen LogP contribution in [0.1, 0.15) is 16.8 Å². The van der Waals surface area contributed by atoms with E-state index in [1.807, 2.05) is 72.8 Å². The Kier molecular flexibility index (Phi) is 9.24. The van der Waals surface area contributed by atoms with Crippen molar-refractivity contribution in [1.82, 2.24) is 15.1 Å². The van der Waals surface area contributed by atoms with Crippen molar-refractivity contribution in [3.63, 3.8) is 0 Å². The Labute approximate surface area is 189 Å². The van der Waals surface area contributed by atoms with E-state index in [4.69, 9.17) is 0 Å². The smallest absolute Gasteiger partial charge is 0.164 e. The number of carbonyl (C=O) groups is 1. The number of carbonyl (C=O) groups excluding carboxylic acids is 1. The Morgan fingerprint density at radius 2 is 1.40 bits per heavy atom. The first kappa shape index (κ1) is 23.8. The third-order valence-electron chi connectivity index (χ3n) is 5.17. The van der Waals surface area contributed by atoms with E-state index in [0.29, 0.717) is 6.42 Å². The van der Waals surface area contributed by atoms with Crippen molar-refractivity contribution in [2.24, 2.45) is 0 Å². The second-order valence-electron chi connectivity index (χ2n) is 7.01. The van der Waals surface area contributed by atoms with Crippen molar-refractivity contribution in [2.75, 3.05) is 37.6 Å². The average molecular weight is 445 g/mol. The van der Waals surface area contributed by atoms with E-state index in [2.05, 4.69) is 20.0 Å². The van der Waals surface area contributed by atoms with Gasteiger partial charge < -0.3 is 4.90 Å². The number of aromatic nitrogens is 2. The number of piperazine rings is 1. The molecule has 1 aliphatic rings. The fourth-order valence-corrected chi connectivity index (χ4v) is 3.49. The van der Waals surface area contributed by atoms with E-state index >= 15 is 0 Å². The van der Waals surface area contributed by atoms with Crippen LogP contribution in [0.3, 0.4) is 0 Å². The van der Waals surface area contributed by atoms with Gasteiger partial charge in [-0.1, -0.05) is 60.7 Å². The van der Waals surface area contributed by atoms with Crippen molar-refractivity contribution in [3.8, 4) is 11.3 Å². The number of hydrogen-bond donors (Lipinski definition) is 0. The molecule has 1 aliphatic heterocycles. The average Bonchev–Trinajstić information content (AvgIpc) is 2.79. The van der Waals surface area contributed by atoms with Crippen LogP contribution in [-0.4, -0.2) is 53.6 Å². The molecule has 0 aliphatic carbocycles. The number of benzene rings is 2. The standard InChI is InChI=1S/C23H24N4O.2ClH/c28-22(20-9-5-2-6-10-20)13-14-26-15-17-27(18-16-26)23-12-11-21(24-25-23)19-7-3-1-4-8-19;;/h1-12H,13-18H2;2*1H. The van der Waals surface area contributed by atoms with Crippen LogP contribution >= 0.6 is 24.8 Å². The molecule has 0 saturated carbocycles. The van der Waals surface area contributed by atoms with Crippen molar-refractivity contribution in [2.45, 2.75) is 6.42 Å². The highest BCUT2D eigenvalue weighted by molar-refractivity contribution is 5.96. The Morgan fingerprint density at radius 3 is 2.00 bits per heavy atom. The van der Waals surface area contributed by atoms with Crippen LogP contribution in [0.4, 0.5) is 5.82 Å². The summed E-state index contributed by atoms with van der Waals surface area (Å²) in [6, 6.07) is 23.7. The first-order valence-corrected chi connectivity index (χ1v) is 9.74. The minimum absolute atomic E-state index is 0. The summed E-state index contributed by atoms with van der Waals surface area (Å²) in [6.45, 7) is 4.48. The van der Waals surface area contributed by atoms with E-state index in [0.717, 1.165) is 55.4 Å². The zero-order valence-corrected chi connectivity index (χ0v) is 18.3. The summed E-state index contributed by atoms with van der Waals surface area (Å²) in [4.78, 5) is 16.9. The van der Waals surface area contributed by atoms with Crippen LogP contribution in [0.25, 0.3) is 11.3 Å². The lowest BCUT2D eigenvalue weighted by Gasteiger charge is -2.35. The molecule has 2 aromatic carbocycles. The van der Waals surface area contributed by atoms with Crippen molar-refractivity contribution >= 4 is 36.4 Å². The molecule has 0 atom stereocenters. The Hall–Kier alpha value is -2.47. The first-order valence-electron chi connectivity index (χ1n) is 9.74. The Bertz CT molecular complexity index is 900. The number of hydrogen-bond acceptors (Lipinski definition) is 5. The van der Waals surface area contributed by atoms with E-state index < -0.39 is 0 Å². The van der Waals surface area contributed by atoms with Crippen LogP contribution < -0.4 is 4.90 Å². The molecule has 30 heavy (non-hydrogen) atoms. The number of Topliss-reactive ketones (excluding diaryl/α,β-unsaturated/α-hetero) is 1. The van der Waals surface area contributed by atoms with Gasteiger partial charge in [-0.25, -0.2) is 0 Å². The fourth-order valence-electron chi connectivity index (χ4n) is 3.49. The molecular weight excluding hydrogens is 419 g/mol. The molecule has 4 rings (SSSR count). The molecule has 0 amide bonds. The van der Waals surface area contributed by atoms with Gasteiger partial charge in [0.2, 0.25) is 0 Å². The molecule has 0 unspecified atom stereocenters. The zero-order chi connectivity index (χ0) is 19.2. The highest BCUT2D eigenvalue weighted by atomic mass is 35.5. The minimum atomic E-state index is 0. The van der Waals surface area contributed by atoms with Gasteiger partial charge >= 0.3 is 0 Å². The topological polar surface area (TPSA) is 49.3 Å². The first-order chi connectivity index (χ1) is 13.8. The molecule has 1 aromatic heterocycles. The molecule has 1 saturated heterocycles. The Morgan fingerprint density at radius 1 is 0.767 bits per heavy atom. The van der Waals surface area contributed by atoms with Crippen molar-refractivity contribution in [3.05, 3.63) is 78.4 Å². The van der Waals surface area contributed by atoms with Crippen LogP contribution in [0, 0.1) is 0 Å². The van der Waals surface area contributed by atoms with Gasteiger partial charge in [0.1, 0.15) is 0 Å². The van der Waals surface area contributed by atoms with Crippen LogP contribution in [0.2, 0.25) is 0 Å². The molecule has 5 nitrogen and oxygen atoms in total. The lowest BCUT2D eigenvalue weighted by Crippen LogP contribution is -2.47.